The zero-order valence-electron chi connectivity index (χ0n) is 16.1. The van der Waals surface area contributed by atoms with Crippen LogP contribution in [0.15, 0.2) is 30.6 Å². The number of carbonyl (C=O) groups excluding carboxylic acids is 1. The molecule has 9 heteroatoms. The van der Waals surface area contributed by atoms with Gasteiger partial charge in [0.25, 0.3) is 0 Å². The number of thiazole rings is 1. The summed E-state index contributed by atoms with van der Waals surface area (Å²) in [6.07, 6.45) is 4.87. The van der Waals surface area contributed by atoms with Crippen molar-refractivity contribution in [2.45, 2.75) is 50.7 Å². The number of benzene rings is 1. The number of fused-ring (bicyclic) bond motifs is 1. The first-order valence-electron chi connectivity index (χ1n) is 10.0. The van der Waals surface area contributed by atoms with Crippen molar-refractivity contribution in [2.75, 3.05) is 5.32 Å². The molecule has 0 radical (unpaired) electrons. The molecule has 1 aromatic carbocycles. The van der Waals surface area contributed by atoms with Crippen molar-refractivity contribution in [3.05, 3.63) is 36.4 Å². The number of carbonyl (C=O) groups is 1. The molecule has 0 unspecified atom stereocenters. The third-order valence-electron chi connectivity index (χ3n) is 5.55. The van der Waals surface area contributed by atoms with Crippen molar-refractivity contribution in [3.8, 4) is 11.1 Å². The Labute approximate surface area is 176 Å². The molecule has 156 valence electrons. The summed E-state index contributed by atoms with van der Waals surface area (Å²) >= 11 is 1.36. The van der Waals surface area contributed by atoms with E-state index in [2.05, 4.69) is 20.3 Å². The largest absolute Gasteiger partial charge is 0.390 e. The van der Waals surface area contributed by atoms with E-state index in [4.69, 9.17) is 4.74 Å². The highest BCUT2D eigenvalue weighted by Crippen LogP contribution is 2.36. The molecular formula is C21H21FN4O3S. The molecule has 0 spiro atoms. The molecule has 3 aromatic rings. The average Bonchev–Trinajstić information content (AvgIpc) is 3.14. The summed E-state index contributed by atoms with van der Waals surface area (Å²) < 4.78 is 19.7. The zero-order valence-corrected chi connectivity index (χ0v) is 16.9. The Hall–Kier alpha value is -2.49. The highest BCUT2D eigenvalue weighted by atomic mass is 32.1. The molecule has 7 nitrogen and oxygen atoms in total. The fraction of sp³-hybridized carbons (Fsp3) is 0.429. The Morgan fingerprint density at radius 1 is 1.27 bits per heavy atom. The number of ether oxygens (including phenoxy) is 1. The van der Waals surface area contributed by atoms with Gasteiger partial charge in [0.2, 0.25) is 5.91 Å². The van der Waals surface area contributed by atoms with Crippen LogP contribution in [-0.4, -0.2) is 44.3 Å². The zero-order chi connectivity index (χ0) is 20.7. The Kier molecular flexibility index (Phi) is 5.18. The molecule has 2 aliphatic carbocycles. The lowest BCUT2D eigenvalue weighted by atomic mass is 10.1. The van der Waals surface area contributed by atoms with E-state index in [0.29, 0.717) is 17.4 Å². The van der Waals surface area contributed by atoms with E-state index in [0.717, 1.165) is 40.6 Å². The van der Waals surface area contributed by atoms with Gasteiger partial charge >= 0.3 is 0 Å². The minimum Gasteiger partial charge on any atom is -0.390 e. The topological polar surface area (TPSA) is 97.2 Å². The molecule has 2 aromatic heterocycles. The summed E-state index contributed by atoms with van der Waals surface area (Å²) in [6.45, 7) is 0.277. The highest BCUT2D eigenvalue weighted by molar-refractivity contribution is 7.22. The maximum Gasteiger partial charge on any atom is 0.232 e. The normalized spacial score (nSPS) is 25.5. The molecule has 2 N–H and O–H groups in total. The van der Waals surface area contributed by atoms with Gasteiger partial charge in [-0.15, -0.1) is 0 Å². The number of halogens is 1. The summed E-state index contributed by atoms with van der Waals surface area (Å²) in [5, 5.41) is 13.0. The summed E-state index contributed by atoms with van der Waals surface area (Å²) in [7, 11) is 0. The average molecular weight is 428 g/mol. The molecule has 5 rings (SSSR count). The molecular weight excluding hydrogens is 407 g/mol. The summed E-state index contributed by atoms with van der Waals surface area (Å²) in [6, 6.07) is 5.78. The molecule has 2 heterocycles. The number of hydrogen-bond donors (Lipinski definition) is 2. The molecule has 4 atom stereocenters. The molecule has 2 saturated carbocycles. The van der Waals surface area contributed by atoms with E-state index in [1.807, 2.05) is 18.2 Å². The van der Waals surface area contributed by atoms with Crippen LogP contribution in [0.1, 0.15) is 31.5 Å². The van der Waals surface area contributed by atoms with Crippen LogP contribution in [0.25, 0.3) is 21.3 Å². The molecule has 30 heavy (non-hydrogen) atoms. The molecule has 0 bridgehead atoms. The first kappa shape index (κ1) is 19.5. The molecule has 1 amide bonds. The SMILES string of the molecule is O=C(Nc1nc2ccc(-c3cnc(CO[C@H]4CCC[C@@H]4O)nc3)cc2s1)[C@H]1C[C@H]1F. The van der Waals surface area contributed by atoms with Crippen LogP contribution in [0, 0.1) is 5.92 Å². The van der Waals surface area contributed by atoms with Crippen LogP contribution >= 0.6 is 11.3 Å². The van der Waals surface area contributed by atoms with Crippen molar-refractivity contribution in [2.24, 2.45) is 5.92 Å². The van der Waals surface area contributed by atoms with E-state index in [1.54, 1.807) is 12.4 Å². The first-order valence-corrected chi connectivity index (χ1v) is 10.8. The standard InChI is InChI=1S/C21H21FN4O3S/c22-14-7-13(14)20(28)26-21-25-15-5-4-11(6-18(15)30-21)12-8-23-19(24-9-12)10-29-17-3-1-2-16(17)27/h4-6,8-9,13-14,16-17,27H,1-3,7,10H2,(H,25,26,28)/t13-,14+,16-,17-/m0/s1. The number of anilines is 1. The van der Waals surface area contributed by atoms with Gasteiger partial charge in [0.05, 0.1) is 28.3 Å². The van der Waals surface area contributed by atoms with Gasteiger partial charge in [-0.05, 0) is 43.4 Å². The van der Waals surface area contributed by atoms with Crippen LogP contribution in [0.2, 0.25) is 0 Å². The summed E-state index contributed by atoms with van der Waals surface area (Å²) in [5.41, 5.74) is 2.57. The van der Waals surface area contributed by atoms with Crippen LogP contribution in [0.5, 0.6) is 0 Å². The quantitative estimate of drug-likeness (QED) is 0.624. The maximum absolute atomic E-state index is 13.0. The monoisotopic (exact) mass is 428 g/mol. The second-order valence-electron chi connectivity index (χ2n) is 7.78. The van der Waals surface area contributed by atoms with Crippen molar-refractivity contribution in [1.29, 1.82) is 0 Å². The van der Waals surface area contributed by atoms with E-state index in [1.165, 1.54) is 11.3 Å². The van der Waals surface area contributed by atoms with Crippen LogP contribution in [0.4, 0.5) is 9.52 Å². The van der Waals surface area contributed by atoms with Crippen molar-refractivity contribution in [1.82, 2.24) is 15.0 Å². The first-order chi connectivity index (χ1) is 14.6. The number of nitrogens with zero attached hydrogens (tertiary/aromatic N) is 3. The second-order valence-corrected chi connectivity index (χ2v) is 8.82. The van der Waals surface area contributed by atoms with Crippen LogP contribution < -0.4 is 5.32 Å². The van der Waals surface area contributed by atoms with Crippen molar-refractivity contribution < 1.29 is 19.0 Å². The third kappa shape index (κ3) is 4.05. The van der Waals surface area contributed by atoms with E-state index in [9.17, 15) is 14.3 Å². The molecule has 2 aliphatic rings. The van der Waals surface area contributed by atoms with Crippen molar-refractivity contribution in [3.63, 3.8) is 0 Å². The molecule has 0 saturated heterocycles. The van der Waals surface area contributed by atoms with Gasteiger partial charge in [-0.3, -0.25) is 4.79 Å². The Bertz CT molecular complexity index is 1070. The van der Waals surface area contributed by atoms with E-state index in [-0.39, 0.29) is 18.6 Å². The summed E-state index contributed by atoms with van der Waals surface area (Å²) in [4.78, 5) is 25.1. The molecule has 2 fully saturated rings. The lowest BCUT2D eigenvalue weighted by Gasteiger charge is -2.14. The van der Waals surface area contributed by atoms with E-state index < -0.39 is 18.2 Å². The van der Waals surface area contributed by atoms with E-state index >= 15 is 0 Å². The predicted molar refractivity (Wildman–Crippen MR) is 111 cm³/mol. The lowest BCUT2D eigenvalue weighted by molar-refractivity contribution is -0.117. The second kappa shape index (κ2) is 7.98. The fourth-order valence-electron chi connectivity index (χ4n) is 3.65. The summed E-state index contributed by atoms with van der Waals surface area (Å²) in [5.74, 6) is -0.268. The number of aliphatic hydroxyl groups excluding tert-OH is 1. The number of nitrogens with one attached hydrogen (secondary N) is 1. The minimum atomic E-state index is -1.03. The van der Waals surface area contributed by atoms with Gasteiger partial charge in [-0.25, -0.2) is 19.3 Å². The number of alkyl halides is 1. The van der Waals surface area contributed by atoms with Gasteiger partial charge in [0.15, 0.2) is 11.0 Å². The van der Waals surface area contributed by atoms with Crippen LogP contribution in [-0.2, 0) is 16.1 Å². The maximum atomic E-state index is 13.0. The number of amides is 1. The Morgan fingerprint density at radius 2 is 2.07 bits per heavy atom. The Morgan fingerprint density at radius 3 is 2.77 bits per heavy atom. The third-order valence-corrected chi connectivity index (χ3v) is 6.48. The Balaban J connectivity index is 1.26. The number of rotatable bonds is 6. The minimum absolute atomic E-state index is 0.132. The number of hydrogen-bond acceptors (Lipinski definition) is 7. The smallest absolute Gasteiger partial charge is 0.232 e. The predicted octanol–water partition coefficient (Wildman–Crippen LogP) is 3.48. The van der Waals surface area contributed by atoms with Crippen LogP contribution in [0.3, 0.4) is 0 Å². The van der Waals surface area contributed by atoms with Gasteiger partial charge in [0.1, 0.15) is 12.8 Å². The van der Waals surface area contributed by atoms with Crippen molar-refractivity contribution >= 4 is 32.6 Å². The van der Waals surface area contributed by atoms with Gasteiger partial charge in [-0.2, -0.15) is 0 Å². The number of aromatic nitrogens is 3. The lowest BCUT2D eigenvalue weighted by Crippen LogP contribution is -2.22. The van der Waals surface area contributed by atoms with Gasteiger partial charge in [-0.1, -0.05) is 17.4 Å². The van der Waals surface area contributed by atoms with Gasteiger partial charge in [0, 0.05) is 18.0 Å². The molecule has 0 aliphatic heterocycles. The fourth-order valence-corrected chi connectivity index (χ4v) is 4.56. The van der Waals surface area contributed by atoms with Gasteiger partial charge < -0.3 is 15.2 Å². The highest BCUT2D eigenvalue weighted by Gasteiger charge is 2.43. The number of aliphatic hydroxyl groups is 1.